The number of nitrogens with one attached hydrogen (secondary N) is 1. The molecule has 1 heterocycles. The zero-order chi connectivity index (χ0) is 15.6. The Morgan fingerprint density at radius 3 is 2.67 bits per heavy atom. The lowest BCUT2D eigenvalue weighted by Gasteiger charge is -2.09. The summed E-state index contributed by atoms with van der Waals surface area (Å²) in [6, 6.07) is 5.14. The molecule has 1 aromatic carbocycles. The third kappa shape index (κ3) is 3.17. The van der Waals surface area contributed by atoms with Crippen LogP contribution in [0.5, 0.6) is 0 Å². The number of halogens is 1. The third-order valence-corrected chi connectivity index (χ3v) is 4.69. The number of carbonyl (C=O) groups excluding carboxylic acids is 1. The van der Waals surface area contributed by atoms with Gasteiger partial charge in [0.05, 0.1) is 5.02 Å². The van der Waals surface area contributed by atoms with Gasteiger partial charge in [0.2, 0.25) is 0 Å². The van der Waals surface area contributed by atoms with E-state index in [9.17, 15) is 4.79 Å². The molecule has 0 saturated heterocycles. The van der Waals surface area contributed by atoms with Crippen molar-refractivity contribution in [3.63, 3.8) is 0 Å². The van der Waals surface area contributed by atoms with Crippen molar-refractivity contribution in [2.45, 2.75) is 13.8 Å². The van der Waals surface area contributed by atoms with E-state index in [0.717, 1.165) is 11.1 Å². The molecule has 4 N–H and O–H groups in total. The molecule has 0 radical (unpaired) electrons. The molecule has 7 heteroatoms. The smallest absolute Gasteiger partial charge is 0.267 e. The standard InChI is InChI=1S/C14H14ClN3O2S/c1-7-3-4-9(13(16)18-20)5-10(7)17-14(19)12-11(15)8(2)6-21-12/h3-6,20H,1-2H3,(H2,16,18)(H,17,19). The van der Waals surface area contributed by atoms with Gasteiger partial charge < -0.3 is 16.3 Å². The van der Waals surface area contributed by atoms with E-state index in [4.69, 9.17) is 22.5 Å². The molecule has 1 aromatic heterocycles. The highest BCUT2D eigenvalue weighted by atomic mass is 35.5. The highest BCUT2D eigenvalue weighted by molar-refractivity contribution is 7.13. The van der Waals surface area contributed by atoms with Crippen LogP contribution in [0.1, 0.15) is 26.4 Å². The molecule has 2 aromatic rings. The number of rotatable bonds is 3. The lowest BCUT2D eigenvalue weighted by atomic mass is 10.1. The Morgan fingerprint density at radius 2 is 2.10 bits per heavy atom. The zero-order valence-electron chi connectivity index (χ0n) is 11.5. The monoisotopic (exact) mass is 323 g/mol. The van der Waals surface area contributed by atoms with E-state index in [1.54, 1.807) is 18.2 Å². The molecule has 1 amide bonds. The number of hydrogen-bond acceptors (Lipinski definition) is 4. The summed E-state index contributed by atoms with van der Waals surface area (Å²) in [4.78, 5) is 12.7. The normalized spacial score (nSPS) is 11.5. The van der Waals surface area contributed by atoms with E-state index in [0.29, 0.717) is 21.2 Å². The fourth-order valence-corrected chi connectivity index (χ4v) is 2.91. The average Bonchev–Trinajstić information content (AvgIpc) is 2.80. The number of benzene rings is 1. The predicted molar refractivity (Wildman–Crippen MR) is 85.7 cm³/mol. The summed E-state index contributed by atoms with van der Waals surface area (Å²) in [6.07, 6.45) is 0. The maximum atomic E-state index is 12.3. The number of amides is 1. The molecule has 0 aliphatic carbocycles. The van der Waals surface area contributed by atoms with Gasteiger partial charge in [-0.15, -0.1) is 11.3 Å². The Morgan fingerprint density at radius 1 is 1.38 bits per heavy atom. The van der Waals surface area contributed by atoms with Gasteiger partial charge >= 0.3 is 0 Å². The average molecular weight is 324 g/mol. The first kappa shape index (κ1) is 15.3. The molecule has 0 spiro atoms. The minimum absolute atomic E-state index is 0.0181. The Balaban J connectivity index is 2.31. The summed E-state index contributed by atoms with van der Waals surface area (Å²) < 4.78 is 0. The van der Waals surface area contributed by atoms with Crippen molar-refractivity contribution in [1.29, 1.82) is 0 Å². The summed E-state index contributed by atoms with van der Waals surface area (Å²) in [5.74, 6) is -0.298. The van der Waals surface area contributed by atoms with Gasteiger partial charge in [-0.2, -0.15) is 0 Å². The molecule has 0 fully saturated rings. The van der Waals surface area contributed by atoms with Crippen LogP contribution in [0, 0.1) is 13.8 Å². The van der Waals surface area contributed by atoms with Gasteiger partial charge in [0, 0.05) is 11.3 Å². The summed E-state index contributed by atoms with van der Waals surface area (Å²) in [6.45, 7) is 3.70. The molecule has 0 unspecified atom stereocenters. The van der Waals surface area contributed by atoms with Crippen LogP contribution in [0.4, 0.5) is 5.69 Å². The van der Waals surface area contributed by atoms with Gasteiger partial charge in [0.1, 0.15) is 4.88 Å². The summed E-state index contributed by atoms with van der Waals surface area (Å²) >= 11 is 7.38. The van der Waals surface area contributed by atoms with Crippen LogP contribution >= 0.6 is 22.9 Å². The summed E-state index contributed by atoms with van der Waals surface area (Å²) in [7, 11) is 0. The largest absolute Gasteiger partial charge is 0.409 e. The Labute approximate surface area is 131 Å². The van der Waals surface area contributed by atoms with Crippen molar-refractivity contribution in [1.82, 2.24) is 0 Å². The van der Waals surface area contributed by atoms with Gasteiger partial charge in [-0.25, -0.2) is 0 Å². The number of hydrogen-bond donors (Lipinski definition) is 3. The van der Waals surface area contributed by atoms with Gasteiger partial charge in [0.25, 0.3) is 5.91 Å². The number of nitrogens with two attached hydrogens (primary N) is 1. The van der Waals surface area contributed by atoms with Crippen LogP contribution in [0.2, 0.25) is 5.02 Å². The van der Waals surface area contributed by atoms with Crippen molar-refractivity contribution in [3.05, 3.63) is 50.2 Å². The topological polar surface area (TPSA) is 87.7 Å². The van der Waals surface area contributed by atoms with E-state index in [-0.39, 0.29) is 11.7 Å². The van der Waals surface area contributed by atoms with Crippen molar-refractivity contribution < 1.29 is 10.0 Å². The van der Waals surface area contributed by atoms with Crippen LogP contribution in [0.25, 0.3) is 0 Å². The second-order valence-electron chi connectivity index (χ2n) is 4.53. The van der Waals surface area contributed by atoms with Crippen molar-refractivity contribution in [2.75, 3.05) is 5.32 Å². The van der Waals surface area contributed by atoms with Crippen LogP contribution in [-0.4, -0.2) is 17.0 Å². The number of carbonyl (C=O) groups is 1. The molecule has 2 rings (SSSR count). The lowest BCUT2D eigenvalue weighted by Crippen LogP contribution is -2.16. The van der Waals surface area contributed by atoms with Crippen molar-refractivity contribution >= 4 is 40.4 Å². The van der Waals surface area contributed by atoms with E-state index in [1.165, 1.54) is 11.3 Å². The summed E-state index contributed by atoms with van der Waals surface area (Å²) in [5.41, 5.74) is 8.39. The summed E-state index contributed by atoms with van der Waals surface area (Å²) in [5, 5.41) is 16.7. The minimum Gasteiger partial charge on any atom is -0.409 e. The maximum Gasteiger partial charge on any atom is 0.267 e. The molecule has 110 valence electrons. The van der Waals surface area contributed by atoms with Gasteiger partial charge in [-0.1, -0.05) is 28.9 Å². The fourth-order valence-electron chi connectivity index (χ4n) is 1.74. The quantitative estimate of drug-likeness (QED) is 0.350. The molecule has 0 aliphatic rings. The molecule has 5 nitrogen and oxygen atoms in total. The highest BCUT2D eigenvalue weighted by Crippen LogP contribution is 2.28. The van der Waals surface area contributed by atoms with Crippen molar-refractivity contribution in [2.24, 2.45) is 10.9 Å². The van der Waals surface area contributed by atoms with Gasteiger partial charge in [-0.05, 0) is 36.4 Å². The Kier molecular flexibility index (Phi) is 4.50. The second kappa shape index (κ2) is 6.15. The lowest BCUT2D eigenvalue weighted by molar-refractivity contribution is 0.103. The van der Waals surface area contributed by atoms with E-state index >= 15 is 0 Å². The zero-order valence-corrected chi connectivity index (χ0v) is 13.0. The predicted octanol–water partition coefficient (Wildman–Crippen LogP) is 3.37. The first-order valence-electron chi connectivity index (χ1n) is 6.07. The number of aryl methyl sites for hydroxylation is 2. The fraction of sp³-hybridized carbons (Fsp3) is 0.143. The SMILES string of the molecule is Cc1ccc(/C(N)=N/O)cc1NC(=O)c1scc(C)c1Cl. The molecule has 21 heavy (non-hydrogen) atoms. The van der Waals surface area contributed by atoms with Crippen LogP contribution in [0.15, 0.2) is 28.7 Å². The molecular weight excluding hydrogens is 310 g/mol. The molecule has 0 saturated carbocycles. The van der Waals surface area contributed by atoms with Gasteiger partial charge in [-0.3, -0.25) is 4.79 Å². The Hall–Kier alpha value is -2.05. The van der Waals surface area contributed by atoms with E-state index in [1.807, 2.05) is 19.2 Å². The van der Waals surface area contributed by atoms with Crippen molar-refractivity contribution in [3.8, 4) is 0 Å². The Bertz CT molecular complexity index is 725. The number of amidine groups is 1. The first-order chi connectivity index (χ1) is 9.93. The maximum absolute atomic E-state index is 12.3. The van der Waals surface area contributed by atoms with E-state index in [2.05, 4.69) is 10.5 Å². The number of anilines is 1. The molecule has 0 bridgehead atoms. The molecule has 0 aliphatic heterocycles. The van der Waals surface area contributed by atoms with Crippen LogP contribution in [-0.2, 0) is 0 Å². The molecular formula is C14H14ClN3O2S. The minimum atomic E-state index is -0.280. The highest BCUT2D eigenvalue weighted by Gasteiger charge is 2.16. The second-order valence-corrected chi connectivity index (χ2v) is 5.79. The van der Waals surface area contributed by atoms with E-state index < -0.39 is 0 Å². The number of nitrogens with zero attached hydrogens (tertiary/aromatic N) is 1. The number of oxime groups is 1. The number of thiophene rings is 1. The first-order valence-corrected chi connectivity index (χ1v) is 7.33. The van der Waals surface area contributed by atoms with Gasteiger partial charge in [0.15, 0.2) is 5.84 Å². The van der Waals surface area contributed by atoms with Crippen LogP contribution < -0.4 is 11.1 Å². The third-order valence-electron chi connectivity index (χ3n) is 2.99. The van der Waals surface area contributed by atoms with Crippen LogP contribution in [0.3, 0.4) is 0 Å². The molecule has 0 atom stereocenters.